The number of anilines is 2. The molecule has 2 amide bonds. The fourth-order valence-electron chi connectivity index (χ4n) is 3.70. The van der Waals surface area contributed by atoms with Crippen molar-refractivity contribution in [1.29, 1.82) is 0 Å². The van der Waals surface area contributed by atoms with Crippen LogP contribution in [0.25, 0.3) is 11.1 Å². The van der Waals surface area contributed by atoms with Crippen LogP contribution in [-0.4, -0.2) is 35.3 Å². The van der Waals surface area contributed by atoms with Crippen LogP contribution >= 0.6 is 11.6 Å². The van der Waals surface area contributed by atoms with Gasteiger partial charge in [-0.05, 0) is 36.8 Å². The van der Waals surface area contributed by atoms with E-state index < -0.39 is 6.04 Å². The highest BCUT2D eigenvalue weighted by atomic mass is 35.5. The minimum absolute atomic E-state index is 0.0759. The largest absolute Gasteiger partial charge is 0.492 e. The second-order valence-corrected chi connectivity index (χ2v) is 7.68. The molecule has 0 radical (unpaired) electrons. The maximum Gasteiger partial charge on any atom is 0.251 e. The number of hydrogen-bond acceptors (Lipinski definition) is 5. The zero-order chi connectivity index (χ0) is 22.7. The summed E-state index contributed by atoms with van der Waals surface area (Å²) in [5.41, 5.74) is 2.82. The molecule has 1 aromatic heterocycles. The van der Waals surface area contributed by atoms with Gasteiger partial charge in [0.25, 0.3) is 5.91 Å². The van der Waals surface area contributed by atoms with E-state index in [9.17, 15) is 9.59 Å². The quantitative estimate of drug-likeness (QED) is 0.530. The van der Waals surface area contributed by atoms with Crippen LogP contribution in [-0.2, 0) is 20.9 Å². The van der Waals surface area contributed by atoms with Gasteiger partial charge in [-0.3, -0.25) is 9.59 Å². The third kappa shape index (κ3) is 4.32. The standard InChI is InChI=1S/C23H23ClN4O4/c1-3-32-19-7-5-4-6-16(19)25-20(29)12-18-23(30)26-22-21(14-8-10-15(24)11-9-14)17(13-31-2)27-28(18)22/h4-11,18H,3,12-13H2,1-2H3,(H,25,29)(H,26,30). The number of ether oxygens (including phenoxy) is 2. The first-order valence-electron chi connectivity index (χ1n) is 10.2. The molecular weight excluding hydrogens is 432 g/mol. The zero-order valence-corrected chi connectivity index (χ0v) is 18.5. The van der Waals surface area contributed by atoms with E-state index in [2.05, 4.69) is 15.7 Å². The van der Waals surface area contributed by atoms with Crippen molar-refractivity contribution in [3.05, 3.63) is 59.2 Å². The van der Waals surface area contributed by atoms with Gasteiger partial charge >= 0.3 is 0 Å². The topological polar surface area (TPSA) is 94.5 Å². The third-order valence-electron chi connectivity index (χ3n) is 5.08. The molecule has 4 rings (SSSR count). The lowest BCUT2D eigenvalue weighted by Gasteiger charge is -2.13. The van der Waals surface area contributed by atoms with Gasteiger partial charge in [0.1, 0.15) is 17.6 Å². The molecule has 0 aliphatic carbocycles. The molecule has 1 atom stereocenters. The van der Waals surface area contributed by atoms with Crippen LogP contribution in [0, 0.1) is 0 Å². The van der Waals surface area contributed by atoms with Crippen molar-refractivity contribution in [2.24, 2.45) is 0 Å². The van der Waals surface area contributed by atoms with Crippen molar-refractivity contribution >= 4 is 34.9 Å². The first-order valence-corrected chi connectivity index (χ1v) is 10.6. The summed E-state index contributed by atoms with van der Waals surface area (Å²) in [6.45, 7) is 2.61. The number of rotatable bonds is 8. The molecule has 1 aliphatic rings. The van der Waals surface area contributed by atoms with E-state index in [0.29, 0.717) is 34.6 Å². The second-order valence-electron chi connectivity index (χ2n) is 7.24. The van der Waals surface area contributed by atoms with Crippen molar-refractivity contribution in [1.82, 2.24) is 9.78 Å². The summed E-state index contributed by atoms with van der Waals surface area (Å²) in [5, 5.41) is 10.9. The van der Waals surface area contributed by atoms with Gasteiger partial charge in [0.2, 0.25) is 5.91 Å². The van der Waals surface area contributed by atoms with E-state index in [-0.39, 0.29) is 24.8 Å². The SMILES string of the molecule is CCOc1ccccc1NC(=O)CC1C(=O)Nc2c(-c3ccc(Cl)cc3)c(COC)nn21. The van der Waals surface area contributed by atoms with E-state index in [4.69, 9.17) is 21.1 Å². The number of methoxy groups -OCH3 is 1. The number of fused-ring (bicyclic) bond motifs is 1. The van der Waals surface area contributed by atoms with Crippen LogP contribution in [0.15, 0.2) is 48.5 Å². The Kier molecular flexibility index (Phi) is 6.43. The molecule has 2 aromatic carbocycles. The van der Waals surface area contributed by atoms with Crippen molar-refractivity contribution in [3.63, 3.8) is 0 Å². The highest BCUT2D eigenvalue weighted by molar-refractivity contribution is 6.30. The molecule has 0 bridgehead atoms. The lowest BCUT2D eigenvalue weighted by Crippen LogP contribution is -2.24. The Hall–Kier alpha value is -3.36. The molecule has 9 heteroatoms. The Balaban J connectivity index is 1.60. The maximum atomic E-state index is 12.8. The number of amides is 2. The number of nitrogens with one attached hydrogen (secondary N) is 2. The molecule has 0 spiro atoms. The summed E-state index contributed by atoms with van der Waals surface area (Å²) < 4.78 is 12.4. The van der Waals surface area contributed by atoms with Gasteiger partial charge in [-0.25, -0.2) is 4.68 Å². The number of halogens is 1. The molecular formula is C23H23ClN4O4. The maximum absolute atomic E-state index is 12.8. The number of benzene rings is 2. The summed E-state index contributed by atoms with van der Waals surface area (Å²) in [5.74, 6) is 0.505. The van der Waals surface area contributed by atoms with Gasteiger partial charge in [0, 0.05) is 17.7 Å². The molecule has 1 unspecified atom stereocenters. The van der Waals surface area contributed by atoms with Crippen LogP contribution in [0.4, 0.5) is 11.5 Å². The molecule has 32 heavy (non-hydrogen) atoms. The summed E-state index contributed by atoms with van der Waals surface area (Å²) in [6.07, 6.45) is -0.0759. The van der Waals surface area contributed by atoms with Crippen molar-refractivity contribution < 1.29 is 19.1 Å². The van der Waals surface area contributed by atoms with Gasteiger partial charge in [-0.2, -0.15) is 5.10 Å². The molecule has 2 N–H and O–H groups in total. The van der Waals surface area contributed by atoms with E-state index in [1.165, 1.54) is 0 Å². The van der Waals surface area contributed by atoms with Crippen molar-refractivity contribution in [2.45, 2.75) is 26.0 Å². The monoisotopic (exact) mass is 454 g/mol. The molecule has 0 saturated heterocycles. The smallest absolute Gasteiger partial charge is 0.251 e. The number of carbonyl (C=O) groups excluding carboxylic acids is 2. The Labute approximate surface area is 190 Å². The Morgan fingerprint density at radius 3 is 2.69 bits per heavy atom. The Bertz CT molecular complexity index is 1140. The van der Waals surface area contributed by atoms with Gasteiger partial charge in [0.05, 0.1) is 31.0 Å². The minimum Gasteiger partial charge on any atom is -0.492 e. The summed E-state index contributed by atoms with van der Waals surface area (Å²) in [4.78, 5) is 25.5. The predicted molar refractivity (Wildman–Crippen MR) is 122 cm³/mol. The van der Waals surface area contributed by atoms with Crippen molar-refractivity contribution in [2.75, 3.05) is 24.4 Å². The highest BCUT2D eigenvalue weighted by Gasteiger charge is 2.37. The Morgan fingerprint density at radius 2 is 1.97 bits per heavy atom. The van der Waals surface area contributed by atoms with E-state index >= 15 is 0 Å². The first kappa shape index (κ1) is 21.9. The molecule has 166 valence electrons. The average Bonchev–Trinajstić information content (AvgIpc) is 3.26. The van der Waals surface area contributed by atoms with Crippen LogP contribution < -0.4 is 15.4 Å². The molecule has 8 nitrogen and oxygen atoms in total. The first-order chi connectivity index (χ1) is 15.5. The summed E-state index contributed by atoms with van der Waals surface area (Å²) >= 11 is 6.02. The summed E-state index contributed by atoms with van der Waals surface area (Å²) in [6, 6.07) is 13.7. The fourth-order valence-corrected chi connectivity index (χ4v) is 3.83. The van der Waals surface area contributed by atoms with Crippen LogP contribution in [0.5, 0.6) is 5.75 Å². The number of aromatic nitrogens is 2. The van der Waals surface area contributed by atoms with Crippen LogP contribution in [0.3, 0.4) is 0 Å². The minimum atomic E-state index is -0.777. The number of nitrogens with zero attached hydrogens (tertiary/aromatic N) is 2. The third-order valence-corrected chi connectivity index (χ3v) is 5.33. The van der Waals surface area contributed by atoms with E-state index in [0.717, 1.165) is 11.1 Å². The number of para-hydroxylation sites is 2. The number of carbonyl (C=O) groups is 2. The highest BCUT2D eigenvalue weighted by Crippen LogP contribution is 2.39. The van der Waals surface area contributed by atoms with E-state index in [1.54, 1.807) is 42.1 Å². The lowest BCUT2D eigenvalue weighted by molar-refractivity contribution is -0.123. The number of hydrogen-bond donors (Lipinski definition) is 2. The molecule has 2 heterocycles. The molecule has 0 fully saturated rings. The van der Waals surface area contributed by atoms with Crippen molar-refractivity contribution in [3.8, 4) is 16.9 Å². The Morgan fingerprint density at radius 1 is 1.22 bits per heavy atom. The van der Waals surface area contributed by atoms with E-state index in [1.807, 2.05) is 25.1 Å². The van der Waals surface area contributed by atoms with Gasteiger partial charge in [0.15, 0.2) is 0 Å². The van der Waals surface area contributed by atoms with Crippen LogP contribution in [0.1, 0.15) is 25.1 Å². The average molecular weight is 455 g/mol. The zero-order valence-electron chi connectivity index (χ0n) is 17.7. The molecule has 1 aliphatic heterocycles. The molecule has 0 saturated carbocycles. The molecule has 3 aromatic rings. The second kappa shape index (κ2) is 9.42. The normalized spacial score (nSPS) is 14.7. The van der Waals surface area contributed by atoms with Gasteiger partial charge in [-0.1, -0.05) is 35.9 Å². The fraction of sp³-hybridized carbons (Fsp3) is 0.261. The lowest BCUT2D eigenvalue weighted by atomic mass is 10.1. The van der Waals surface area contributed by atoms with Gasteiger partial charge in [-0.15, -0.1) is 0 Å². The van der Waals surface area contributed by atoms with Crippen LogP contribution in [0.2, 0.25) is 5.02 Å². The van der Waals surface area contributed by atoms with Gasteiger partial charge < -0.3 is 20.1 Å². The summed E-state index contributed by atoms with van der Waals surface area (Å²) in [7, 11) is 1.58. The predicted octanol–water partition coefficient (Wildman–Crippen LogP) is 4.27.